The number of carbonyl (C=O) groups is 2. The van der Waals surface area contributed by atoms with Gasteiger partial charge in [-0.05, 0) is 49.4 Å². The van der Waals surface area contributed by atoms with Gasteiger partial charge in [0.2, 0.25) is 11.5 Å². The smallest absolute Gasteiger partial charge is 0.348 e. The number of rotatable bonds is 7. The average Bonchev–Trinajstić information content (AvgIpc) is 2.74. The van der Waals surface area contributed by atoms with Crippen molar-refractivity contribution in [2.24, 2.45) is 11.0 Å². The number of hydrogen-bond donors (Lipinski definition) is 2. The topological polar surface area (TPSA) is 106 Å². The van der Waals surface area contributed by atoms with Gasteiger partial charge in [-0.15, -0.1) is 0 Å². The Bertz CT molecular complexity index is 991. The number of hydrazone groups is 1. The van der Waals surface area contributed by atoms with E-state index in [0.29, 0.717) is 33.5 Å². The van der Waals surface area contributed by atoms with Crippen LogP contribution in [-0.4, -0.2) is 42.5 Å². The molecule has 2 unspecified atom stereocenters. The normalized spacial score (nSPS) is 17.9. The van der Waals surface area contributed by atoms with E-state index in [-0.39, 0.29) is 6.42 Å². The van der Waals surface area contributed by atoms with Crippen LogP contribution in [0.1, 0.15) is 18.9 Å². The van der Waals surface area contributed by atoms with Crippen LogP contribution in [0.2, 0.25) is 5.02 Å². The Morgan fingerprint density at radius 3 is 2.43 bits per heavy atom. The zero-order chi connectivity index (χ0) is 21.9. The number of nitrogens with zero attached hydrogens (tertiary/aromatic N) is 1. The maximum atomic E-state index is 12.3. The van der Waals surface area contributed by atoms with Gasteiger partial charge in [-0.2, -0.15) is 5.10 Å². The molecule has 3 rings (SSSR count). The van der Waals surface area contributed by atoms with E-state index in [4.69, 9.17) is 25.8 Å². The Morgan fingerprint density at radius 2 is 1.83 bits per heavy atom. The third-order valence-corrected chi connectivity index (χ3v) is 5.19. The Labute approximate surface area is 178 Å². The molecule has 0 aliphatic carbocycles. The van der Waals surface area contributed by atoms with Crippen molar-refractivity contribution < 1.29 is 28.9 Å². The number of benzene rings is 2. The van der Waals surface area contributed by atoms with Gasteiger partial charge < -0.3 is 19.3 Å². The minimum atomic E-state index is -1.78. The molecule has 0 aromatic heterocycles. The summed E-state index contributed by atoms with van der Waals surface area (Å²) in [6, 6.07) is 11.4. The zero-order valence-corrected chi connectivity index (χ0v) is 17.4. The number of halogens is 1. The predicted octanol–water partition coefficient (Wildman–Crippen LogP) is 3.12. The molecule has 1 amide bonds. The highest BCUT2D eigenvalue weighted by molar-refractivity contribution is 6.30. The van der Waals surface area contributed by atoms with Gasteiger partial charge in [0.1, 0.15) is 5.75 Å². The average molecular weight is 433 g/mol. The standard InChI is InChI=1S/C21H21ClN2O6/c1-21(20(26)27,30-14-7-5-13(22)6-8-14)15-11-18(25)23-24-19(15)12-4-9-16(28-2)17(10-12)29-3/h4-10,15H,11H2,1-3H3,(H,23,25)(H,26,27). The molecule has 0 saturated carbocycles. The quantitative estimate of drug-likeness (QED) is 0.696. The van der Waals surface area contributed by atoms with Gasteiger partial charge >= 0.3 is 5.97 Å². The molecule has 30 heavy (non-hydrogen) atoms. The molecule has 1 heterocycles. The van der Waals surface area contributed by atoms with Gasteiger partial charge in [0, 0.05) is 17.0 Å². The molecule has 0 spiro atoms. The van der Waals surface area contributed by atoms with Crippen LogP contribution in [0.5, 0.6) is 17.2 Å². The zero-order valence-electron chi connectivity index (χ0n) is 16.6. The van der Waals surface area contributed by atoms with Gasteiger partial charge in [0.25, 0.3) is 0 Å². The summed E-state index contributed by atoms with van der Waals surface area (Å²) in [6.07, 6.45) is -0.121. The van der Waals surface area contributed by atoms with Crippen molar-refractivity contribution in [1.29, 1.82) is 0 Å². The second kappa shape index (κ2) is 8.62. The van der Waals surface area contributed by atoms with Crippen LogP contribution in [0.4, 0.5) is 0 Å². The first-order valence-electron chi connectivity index (χ1n) is 9.05. The van der Waals surface area contributed by atoms with Crippen molar-refractivity contribution in [2.45, 2.75) is 18.9 Å². The molecule has 0 bridgehead atoms. The number of amides is 1. The minimum Gasteiger partial charge on any atom is -0.493 e. The summed E-state index contributed by atoms with van der Waals surface area (Å²) in [5.74, 6) is -1.25. The van der Waals surface area contributed by atoms with E-state index in [1.54, 1.807) is 42.5 Å². The van der Waals surface area contributed by atoms with Crippen LogP contribution in [-0.2, 0) is 9.59 Å². The lowest BCUT2D eigenvalue weighted by Gasteiger charge is -2.36. The molecule has 8 nitrogen and oxygen atoms in total. The number of carboxylic acids is 1. The van der Waals surface area contributed by atoms with Crippen LogP contribution in [0.25, 0.3) is 0 Å². The van der Waals surface area contributed by atoms with E-state index in [0.717, 1.165) is 0 Å². The second-order valence-electron chi connectivity index (χ2n) is 6.83. The van der Waals surface area contributed by atoms with Crippen LogP contribution >= 0.6 is 11.6 Å². The Hall–Kier alpha value is -3.26. The summed E-state index contributed by atoms with van der Waals surface area (Å²) in [4.78, 5) is 24.4. The highest BCUT2D eigenvalue weighted by Gasteiger charge is 2.49. The Kier molecular flexibility index (Phi) is 6.17. The van der Waals surface area contributed by atoms with Crippen LogP contribution in [0.3, 0.4) is 0 Å². The molecule has 0 fully saturated rings. The van der Waals surface area contributed by atoms with Crippen LogP contribution < -0.4 is 19.6 Å². The van der Waals surface area contributed by atoms with E-state index in [1.165, 1.54) is 21.1 Å². The number of nitrogens with one attached hydrogen (secondary N) is 1. The molecule has 0 saturated heterocycles. The fraction of sp³-hybridized carbons (Fsp3) is 0.286. The van der Waals surface area contributed by atoms with Gasteiger partial charge in [-0.3, -0.25) is 4.79 Å². The van der Waals surface area contributed by atoms with E-state index in [9.17, 15) is 14.7 Å². The Balaban J connectivity index is 2.05. The predicted molar refractivity (Wildman–Crippen MR) is 110 cm³/mol. The summed E-state index contributed by atoms with van der Waals surface area (Å²) in [7, 11) is 3.01. The number of aliphatic carboxylic acids is 1. The fourth-order valence-electron chi connectivity index (χ4n) is 3.26. The lowest BCUT2D eigenvalue weighted by atomic mass is 9.79. The highest BCUT2D eigenvalue weighted by Crippen LogP contribution is 2.35. The molecule has 2 aromatic carbocycles. The van der Waals surface area contributed by atoms with Gasteiger partial charge in [-0.1, -0.05) is 11.6 Å². The van der Waals surface area contributed by atoms with Crippen molar-refractivity contribution >= 4 is 29.2 Å². The van der Waals surface area contributed by atoms with Crippen LogP contribution in [0, 0.1) is 5.92 Å². The van der Waals surface area contributed by atoms with Gasteiger partial charge in [0.05, 0.1) is 25.8 Å². The largest absolute Gasteiger partial charge is 0.493 e. The summed E-state index contributed by atoms with van der Waals surface area (Å²) in [5, 5.41) is 14.7. The van der Waals surface area contributed by atoms with Crippen molar-refractivity contribution in [2.75, 3.05) is 14.2 Å². The molecule has 158 valence electrons. The van der Waals surface area contributed by atoms with Crippen LogP contribution in [0.15, 0.2) is 47.6 Å². The van der Waals surface area contributed by atoms with Crippen molar-refractivity contribution in [3.8, 4) is 17.2 Å². The second-order valence-corrected chi connectivity index (χ2v) is 7.26. The van der Waals surface area contributed by atoms with E-state index < -0.39 is 23.4 Å². The first-order chi connectivity index (χ1) is 14.3. The number of methoxy groups -OCH3 is 2. The summed E-state index contributed by atoms with van der Waals surface area (Å²) in [6.45, 7) is 1.42. The molecule has 2 N–H and O–H groups in total. The third-order valence-electron chi connectivity index (χ3n) is 4.93. The number of carbonyl (C=O) groups excluding carboxylic acids is 1. The molecule has 0 radical (unpaired) electrons. The van der Waals surface area contributed by atoms with Crippen molar-refractivity contribution in [1.82, 2.24) is 5.43 Å². The maximum absolute atomic E-state index is 12.3. The summed E-state index contributed by atoms with van der Waals surface area (Å²) < 4.78 is 16.5. The fourth-order valence-corrected chi connectivity index (χ4v) is 3.38. The monoisotopic (exact) mass is 432 g/mol. The van der Waals surface area contributed by atoms with Crippen molar-refractivity contribution in [3.05, 3.63) is 53.1 Å². The first-order valence-corrected chi connectivity index (χ1v) is 9.43. The lowest BCUT2D eigenvalue weighted by molar-refractivity contribution is -0.157. The highest BCUT2D eigenvalue weighted by atomic mass is 35.5. The lowest BCUT2D eigenvalue weighted by Crippen LogP contribution is -2.54. The molecule has 9 heteroatoms. The molecular formula is C21H21ClN2O6. The van der Waals surface area contributed by atoms with E-state index >= 15 is 0 Å². The summed E-state index contributed by atoms with van der Waals surface area (Å²) in [5.41, 5.74) is 1.57. The molecule has 2 atom stereocenters. The van der Waals surface area contributed by atoms with Gasteiger partial charge in [0.15, 0.2) is 11.5 Å². The third kappa shape index (κ3) is 4.18. The molecule has 1 aliphatic heterocycles. The van der Waals surface area contributed by atoms with Gasteiger partial charge in [-0.25, -0.2) is 10.2 Å². The Morgan fingerprint density at radius 1 is 1.17 bits per heavy atom. The minimum absolute atomic E-state index is 0.121. The first kappa shape index (κ1) is 21.4. The SMILES string of the molecule is COc1ccc(C2=NNC(=O)CC2C(C)(Oc2ccc(Cl)cc2)C(=O)O)cc1OC. The van der Waals surface area contributed by atoms with E-state index in [2.05, 4.69) is 10.5 Å². The molecule has 2 aromatic rings. The number of ether oxygens (including phenoxy) is 3. The van der Waals surface area contributed by atoms with E-state index in [1.807, 2.05) is 0 Å². The number of hydrogen-bond acceptors (Lipinski definition) is 6. The molecular weight excluding hydrogens is 412 g/mol. The number of carboxylic acid groups (broad SMARTS) is 1. The maximum Gasteiger partial charge on any atom is 0.348 e. The summed E-state index contributed by atoms with van der Waals surface area (Å²) >= 11 is 5.90. The van der Waals surface area contributed by atoms with Crippen molar-refractivity contribution in [3.63, 3.8) is 0 Å². The molecule has 1 aliphatic rings.